The molecule has 1 amide bonds. The highest BCUT2D eigenvalue weighted by Crippen LogP contribution is 2.29. The van der Waals surface area contributed by atoms with Crippen LogP contribution >= 0.6 is 11.3 Å². The van der Waals surface area contributed by atoms with Gasteiger partial charge in [0.1, 0.15) is 6.33 Å². The second kappa shape index (κ2) is 5.13. The fraction of sp³-hybridized carbons (Fsp3) is 0.462. The number of carbonyl (C=O) groups excluding carboxylic acids is 1. The molecule has 0 aliphatic heterocycles. The molecule has 0 aliphatic rings. The molecule has 2 heterocycles. The van der Waals surface area contributed by atoms with E-state index in [1.807, 2.05) is 12.1 Å². The Balaban J connectivity index is 1.98. The lowest BCUT2D eigenvalue weighted by Crippen LogP contribution is -2.22. The average Bonchev–Trinajstić information content (AvgIpc) is 2.93. The topological polar surface area (TPSA) is 59.8 Å². The van der Waals surface area contributed by atoms with Crippen molar-refractivity contribution in [2.45, 2.75) is 32.7 Å². The van der Waals surface area contributed by atoms with Gasteiger partial charge in [0, 0.05) is 11.9 Å². The van der Waals surface area contributed by atoms with E-state index in [1.165, 1.54) is 16.2 Å². The number of thiophene rings is 1. The van der Waals surface area contributed by atoms with Crippen LogP contribution in [-0.2, 0) is 19.0 Å². The third kappa shape index (κ3) is 3.41. The van der Waals surface area contributed by atoms with E-state index in [4.69, 9.17) is 0 Å². The summed E-state index contributed by atoms with van der Waals surface area (Å²) in [6, 6.07) is 3.88. The monoisotopic (exact) mass is 278 g/mol. The number of carbonyl (C=O) groups is 1. The summed E-state index contributed by atoms with van der Waals surface area (Å²) < 4.78 is 1.62. The molecule has 0 spiro atoms. The largest absolute Gasteiger partial charge is 0.344 e. The van der Waals surface area contributed by atoms with Gasteiger partial charge in [-0.3, -0.25) is 9.48 Å². The standard InChI is InChI=1S/C13H18N4OS/c1-13(2,3)10-6-5-9(19-10)12(18)14-7-11-15-8-17(4)16-11/h5-6,8H,7H2,1-4H3,(H,14,18). The Hall–Kier alpha value is -1.69. The summed E-state index contributed by atoms with van der Waals surface area (Å²) in [5.41, 5.74) is 0.0751. The second-order valence-electron chi connectivity index (χ2n) is 5.43. The number of aryl methyl sites for hydroxylation is 1. The molecule has 2 aromatic heterocycles. The number of amides is 1. The molecule has 0 aromatic carbocycles. The van der Waals surface area contributed by atoms with Gasteiger partial charge in [-0.1, -0.05) is 20.8 Å². The lowest BCUT2D eigenvalue weighted by Gasteiger charge is -2.15. The van der Waals surface area contributed by atoms with Crippen LogP contribution in [0.15, 0.2) is 18.5 Å². The molecule has 19 heavy (non-hydrogen) atoms. The fourth-order valence-electron chi connectivity index (χ4n) is 1.57. The summed E-state index contributed by atoms with van der Waals surface area (Å²) in [6.45, 7) is 6.76. The summed E-state index contributed by atoms with van der Waals surface area (Å²) in [6.07, 6.45) is 1.62. The lowest BCUT2D eigenvalue weighted by molar-refractivity contribution is 0.0954. The number of hydrogen-bond acceptors (Lipinski definition) is 4. The van der Waals surface area contributed by atoms with Gasteiger partial charge in [0.2, 0.25) is 0 Å². The van der Waals surface area contributed by atoms with Crippen molar-refractivity contribution in [1.29, 1.82) is 0 Å². The smallest absolute Gasteiger partial charge is 0.261 e. The first-order chi connectivity index (χ1) is 8.86. The molecule has 1 N–H and O–H groups in total. The molecule has 5 nitrogen and oxygen atoms in total. The van der Waals surface area contributed by atoms with Crippen LogP contribution in [0.5, 0.6) is 0 Å². The predicted molar refractivity (Wildman–Crippen MR) is 75.2 cm³/mol. The van der Waals surface area contributed by atoms with Gasteiger partial charge in [0.05, 0.1) is 11.4 Å². The second-order valence-corrected chi connectivity index (χ2v) is 6.51. The first kappa shape index (κ1) is 13.7. The van der Waals surface area contributed by atoms with Crippen LogP contribution in [0, 0.1) is 0 Å². The number of aromatic nitrogens is 3. The molecule has 0 unspecified atom stereocenters. The van der Waals surface area contributed by atoms with Gasteiger partial charge >= 0.3 is 0 Å². The summed E-state index contributed by atoms with van der Waals surface area (Å²) in [5.74, 6) is 0.538. The molecule has 0 atom stereocenters. The van der Waals surface area contributed by atoms with Crippen molar-refractivity contribution in [2.75, 3.05) is 0 Å². The predicted octanol–water partition coefficient (Wildman–Crippen LogP) is 2.10. The van der Waals surface area contributed by atoms with E-state index >= 15 is 0 Å². The Bertz CT molecular complexity index is 579. The lowest BCUT2D eigenvalue weighted by atomic mass is 9.95. The van der Waals surface area contributed by atoms with Gasteiger partial charge < -0.3 is 5.32 Å². The van der Waals surface area contributed by atoms with Crippen LogP contribution in [-0.4, -0.2) is 20.7 Å². The highest BCUT2D eigenvalue weighted by atomic mass is 32.1. The Morgan fingerprint density at radius 3 is 2.68 bits per heavy atom. The van der Waals surface area contributed by atoms with E-state index in [2.05, 4.69) is 36.2 Å². The average molecular weight is 278 g/mol. The normalized spacial score (nSPS) is 11.6. The molecule has 2 rings (SSSR count). The van der Waals surface area contributed by atoms with Gasteiger partial charge in [0.15, 0.2) is 5.82 Å². The van der Waals surface area contributed by atoms with Gasteiger partial charge in [-0.25, -0.2) is 4.98 Å². The Labute approximate surface area is 116 Å². The zero-order valence-corrected chi connectivity index (χ0v) is 12.4. The third-order valence-electron chi connectivity index (χ3n) is 2.62. The van der Waals surface area contributed by atoms with Crippen LogP contribution in [0.3, 0.4) is 0 Å². The van der Waals surface area contributed by atoms with Crippen molar-refractivity contribution in [1.82, 2.24) is 20.1 Å². The van der Waals surface area contributed by atoms with E-state index in [0.717, 1.165) is 4.88 Å². The minimum atomic E-state index is -0.0760. The SMILES string of the molecule is Cn1cnc(CNC(=O)c2ccc(C(C)(C)C)s2)n1. The quantitative estimate of drug-likeness (QED) is 0.935. The molecular weight excluding hydrogens is 260 g/mol. The van der Waals surface area contributed by atoms with Crippen LogP contribution in [0.1, 0.15) is 41.1 Å². The molecular formula is C13H18N4OS. The maximum atomic E-state index is 12.0. The van der Waals surface area contributed by atoms with Gasteiger partial charge in [-0.2, -0.15) is 5.10 Å². The minimum Gasteiger partial charge on any atom is -0.344 e. The van der Waals surface area contributed by atoms with Gasteiger partial charge in [-0.15, -0.1) is 11.3 Å². The zero-order valence-electron chi connectivity index (χ0n) is 11.6. The van der Waals surface area contributed by atoms with Gasteiger partial charge in [-0.05, 0) is 17.5 Å². The molecule has 0 fully saturated rings. The van der Waals surface area contributed by atoms with Crippen molar-refractivity contribution in [2.24, 2.45) is 7.05 Å². The molecule has 102 valence electrons. The van der Waals surface area contributed by atoms with Crippen molar-refractivity contribution >= 4 is 17.2 Å². The minimum absolute atomic E-state index is 0.0751. The molecule has 0 aliphatic carbocycles. The highest BCUT2D eigenvalue weighted by molar-refractivity contribution is 7.14. The Morgan fingerprint density at radius 1 is 1.42 bits per heavy atom. The van der Waals surface area contributed by atoms with Gasteiger partial charge in [0.25, 0.3) is 5.91 Å². The van der Waals surface area contributed by atoms with Crippen molar-refractivity contribution in [3.8, 4) is 0 Å². The molecule has 0 saturated heterocycles. The number of hydrogen-bond donors (Lipinski definition) is 1. The molecule has 0 saturated carbocycles. The first-order valence-electron chi connectivity index (χ1n) is 6.09. The summed E-state index contributed by atoms with van der Waals surface area (Å²) in [7, 11) is 1.80. The zero-order chi connectivity index (χ0) is 14.0. The molecule has 0 bridgehead atoms. The summed E-state index contributed by atoms with van der Waals surface area (Å²) in [5, 5.41) is 6.94. The van der Waals surface area contributed by atoms with E-state index in [1.54, 1.807) is 18.1 Å². The van der Waals surface area contributed by atoms with Crippen LogP contribution in [0.2, 0.25) is 0 Å². The van der Waals surface area contributed by atoms with E-state index in [9.17, 15) is 4.79 Å². The third-order valence-corrected chi connectivity index (χ3v) is 4.13. The molecule has 2 aromatic rings. The fourth-order valence-corrected chi connectivity index (χ4v) is 2.55. The summed E-state index contributed by atoms with van der Waals surface area (Å²) >= 11 is 1.53. The maximum Gasteiger partial charge on any atom is 0.261 e. The van der Waals surface area contributed by atoms with E-state index in [-0.39, 0.29) is 11.3 Å². The molecule has 6 heteroatoms. The highest BCUT2D eigenvalue weighted by Gasteiger charge is 2.18. The maximum absolute atomic E-state index is 12.0. The van der Waals surface area contributed by atoms with Crippen molar-refractivity contribution < 1.29 is 4.79 Å². The molecule has 0 radical (unpaired) electrons. The van der Waals surface area contributed by atoms with E-state index in [0.29, 0.717) is 12.4 Å². The van der Waals surface area contributed by atoms with E-state index < -0.39 is 0 Å². The van der Waals surface area contributed by atoms with Crippen LogP contribution in [0.4, 0.5) is 0 Å². The summed E-state index contributed by atoms with van der Waals surface area (Å²) in [4.78, 5) is 18.0. The number of rotatable bonds is 3. The van der Waals surface area contributed by atoms with Crippen molar-refractivity contribution in [3.05, 3.63) is 34.0 Å². The van der Waals surface area contributed by atoms with Crippen LogP contribution < -0.4 is 5.32 Å². The first-order valence-corrected chi connectivity index (χ1v) is 6.91. The Kier molecular flexibility index (Phi) is 3.71. The van der Waals surface area contributed by atoms with Crippen molar-refractivity contribution in [3.63, 3.8) is 0 Å². The van der Waals surface area contributed by atoms with Crippen LogP contribution in [0.25, 0.3) is 0 Å². The number of nitrogens with zero attached hydrogens (tertiary/aromatic N) is 3. The Morgan fingerprint density at radius 2 is 2.16 bits per heavy atom. The number of nitrogens with one attached hydrogen (secondary N) is 1.